The van der Waals surface area contributed by atoms with Crippen molar-refractivity contribution in [2.45, 2.75) is 33.4 Å². The molecule has 0 atom stereocenters. The van der Waals surface area contributed by atoms with Gasteiger partial charge in [-0.15, -0.1) is 0 Å². The minimum atomic E-state index is -4.60. The van der Waals surface area contributed by atoms with Crippen molar-refractivity contribution in [3.8, 4) is 0 Å². The number of benzene rings is 1. The molecule has 0 spiro atoms. The standard InChI is InChI=1S/C17H20F3NO2/c1-4-7-21(10-11(2)3)12-5-6-15-13(8-12)14(17(18,19)20)9-16(22)23-15/h5-6,8-9,11H,4,7,10H2,1-3H3. The van der Waals surface area contributed by atoms with E-state index in [-0.39, 0.29) is 11.0 Å². The summed E-state index contributed by atoms with van der Waals surface area (Å²) >= 11 is 0. The Hall–Kier alpha value is -1.98. The maximum Gasteiger partial charge on any atom is 0.417 e. The molecule has 3 nitrogen and oxygen atoms in total. The Bertz CT molecular complexity index is 735. The summed E-state index contributed by atoms with van der Waals surface area (Å²) in [5, 5.41) is -0.0838. The lowest BCUT2D eigenvalue weighted by atomic mass is 10.1. The zero-order chi connectivity index (χ0) is 17.2. The molecule has 0 fully saturated rings. The maximum absolute atomic E-state index is 13.2. The number of rotatable bonds is 5. The van der Waals surface area contributed by atoms with Gasteiger partial charge < -0.3 is 9.32 Å². The van der Waals surface area contributed by atoms with E-state index in [0.29, 0.717) is 17.7 Å². The number of halogens is 3. The molecule has 0 saturated carbocycles. The van der Waals surface area contributed by atoms with Gasteiger partial charge in [0, 0.05) is 30.2 Å². The second-order valence-corrected chi connectivity index (χ2v) is 6.00. The van der Waals surface area contributed by atoms with Gasteiger partial charge in [0.2, 0.25) is 0 Å². The van der Waals surface area contributed by atoms with E-state index in [1.165, 1.54) is 12.1 Å². The van der Waals surface area contributed by atoms with Crippen molar-refractivity contribution in [1.82, 2.24) is 0 Å². The normalized spacial score (nSPS) is 12.1. The molecule has 0 unspecified atom stereocenters. The molecule has 1 aromatic carbocycles. The largest absolute Gasteiger partial charge is 0.423 e. The first kappa shape index (κ1) is 17.4. The highest BCUT2D eigenvalue weighted by molar-refractivity contribution is 5.84. The van der Waals surface area contributed by atoms with Gasteiger partial charge in [0.25, 0.3) is 0 Å². The Kier molecular flexibility index (Phi) is 5.02. The first-order valence-electron chi connectivity index (χ1n) is 7.62. The summed E-state index contributed by atoms with van der Waals surface area (Å²) < 4.78 is 44.5. The monoisotopic (exact) mass is 327 g/mol. The number of anilines is 1. The van der Waals surface area contributed by atoms with Crippen molar-refractivity contribution < 1.29 is 17.6 Å². The lowest BCUT2D eigenvalue weighted by Gasteiger charge is -2.26. The van der Waals surface area contributed by atoms with Crippen LogP contribution in [0.5, 0.6) is 0 Å². The molecule has 0 N–H and O–H groups in total. The average Bonchev–Trinajstić information content (AvgIpc) is 2.44. The Morgan fingerprint density at radius 3 is 2.48 bits per heavy atom. The van der Waals surface area contributed by atoms with Crippen molar-refractivity contribution in [1.29, 1.82) is 0 Å². The fourth-order valence-electron chi connectivity index (χ4n) is 2.62. The lowest BCUT2D eigenvalue weighted by molar-refractivity contribution is -0.136. The molecule has 23 heavy (non-hydrogen) atoms. The molecule has 0 aliphatic heterocycles. The summed E-state index contributed by atoms with van der Waals surface area (Å²) in [5.41, 5.74) is -1.29. The summed E-state index contributed by atoms with van der Waals surface area (Å²) in [6.07, 6.45) is -3.71. The zero-order valence-corrected chi connectivity index (χ0v) is 13.4. The Labute approximate surface area is 132 Å². The van der Waals surface area contributed by atoms with Gasteiger partial charge in [-0.05, 0) is 30.5 Å². The molecule has 0 amide bonds. The smallest absolute Gasteiger partial charge is 0.417 e. The fourth-order valence-corrected chi connectivity index (χ4v) is 2.62. The van der Waals surface area contributed by atoms with Crippen molar-refractivity contribution in [3.63, 3.8) is 0 Å². The minimum Gasteiger partial charge on any atom is -0.423 e. The van der Waals surface area contributed by atoms with Gasteiger partial charge in [0.05, 0.1) is 5.56 Å². The first-order chi connectivity index (χ1) is 10.7. The summed E-state index contributed by atoms with van der Waals surface area (Å²) in [7, 11) is 0. The number of alkyl halides is 3. The van der Waals surface area contributed by atoms with Crippen molar-refractivity contribution >= 4 is 16.7 Å². The molecule has 0 bridgehead atoms. The van der Waals surface area contributed by atoms with Crippen LogP contribution in [-0.2, 0) is 6.18 Å². The molecular formula is C17H20F3NO2. The number of hydrogen-bond donors (Lipinski definition) is 0. The van der Waals surface area contributed by atoms with E-state index in [1.54, 1.807) is 6.07 Å². The van der Waals surface area contributed by atoms with E-state index in [1.807, 2.05) is 6.92 Å². The highest BCUT2D eigenvalue weighted by atomic mass is 19.4. The van der Waals surface area contributed by atoms with Gasteiger partial charge in [-0.2, -0.15) is 13.2 Å². The molecule has 126 valence electrons. The molecule has 0 aliphatic rings. The topological polar surface area (TPSA) is 33.5 Å². The summed E-state index contributed by atoms with van der Waals surface area (Å²) in [6.45, 7) is 7.64. The van der Waals surface area contributed by atoms with Gasteiger partial charge in [0.1, 0.15) is 5.58 Å². The van der Waals surface area contributed by atoms with Gasteiger partial charge in [-0.1, -0.05) is 20.8 Å². The third kappa shape index (κ3) is 4.06. The van der Waals surface area contributed by atoms with Crippen LogP contribution in [0.2, 0.25) is 0 Å². The lowest BCUT2D eigenvalue weighted by Crippen LogP contribution is -2.28. The van der Waals surface area contributed by atoms with E-state index >= 15 is 0 Å². The Balaban J connectivity index is 2.60. The van der Waals surface area contributed by atoms with Crippen molar-refractivity contribution in [2.75, 3.05) is 18.0 Å². The summed E-state index contributed by atoms with van der Waals surface area (Å²) in [5.74, 6) is 0.382. The van der Waals surface area contributed by atoms with E-state index in [2.05, 4.69) is 18.7 Å². The Morgan fingerprint density at radius 1 is 1.22 bits per heavy atom. The van der Waals surface area contributed by atoms with Gasteiger partial charge in [0.15, 0.2) is 0 Å². The quantitative estimate of drug-likeness (QED) is 0.747. The predicted molar refractivity (Wildman–Crippen MR) is 84.8 cm³/mol. The van der Waals surface area contributed by atoms with Crippen LogP contribution < -0.4 is 10.5 Å². The molecule has 0 aliphatic carbocycles. The van der Waals surface area contributed by atoms with Gasteiger partial charge in [-0.3, -0.25) is 0 Å². The Morgan fingerprint density at radius 2 is 1.91 bits per heavy atom. The van der Waals surface area contributed by atoms with Crippen molar-refractivity contribution in [3.05, 3.63) is 40.2 Å². The van der Waals surface area contributed by atoms with E-state index in [9.17, 15) is 18.0 Å². The van der Waals surface area contributed by atoms with Crippen LogP contribution in [0.3, 0.4) is 0 Å². The van der Waals surface area contributed by atoms with Crippen molar-refractivity contribution in [2.24, 2.45) is 5.92 Å². The molecule has 6 heteroatoms. The minimum absolute atomic E-state index is 0.0467. The van der Waals surface area contributed by atoms with Crippen LogP contribution in [0, 0.1) is 5.92 Å². The molecule has 0 radical (unpaired) electrons. The van der Waals surface area contributed by atoms with Crippen LogP contribution in [0.4, 0.5) is 18.9 Å². The SMILES string of the molecule is CCCN(CC(C)C)c1ccc2oc(=O)cc(C(F)(F)F)c2c1. The molecule has 1 aromatic heterocycles. The van der Waals surface area contributed by atoms with Crippen LogP contribution in [0.15, 0.2) is 33.5 Å². The second-order valence-electron chi connectivity index (χ2n) is 6.00. The third-order valence-corrected chi connectivity index (χ3v) is 3.48. The molecule has 2 aromatic rings. The molecule has 1 heterocycles. The summed E-state index contributed by atoms with van der Waals surface area (Å²) in [6, 6.07) is 5.10. The molecular weight excluding hydrogens is 307 g/mol. The number of nitrogens with zero attached hydrogens (tertiary/aromatic N) is 1. The maximum atomic E-state index is 13.2. The van der Waals surface area contributed by atoms with E-state index in [0.717, 1.165) is 19.5 Å². The van der Waals surface area contributed by atoms with Crippen LogP contribution in [0.1, 0.15) is 32.8 Å². The van der Waals surface area contributed by atoms with E-state index in [4.69, 9.17) is 4.42 Å². The van der Waals surface area contributed by atoms with Crippen LogP contribution in [-0.4, -0.2) is 13.1 Å². The first-order valence-corrected chi connectivity index (χ1v) is 7.62. The molecule has 0 saturated heterocycles. The number of fused-ring (bicyclic) bond motifs is 1. The second kappa shape index (κ2) is 6.64. The molecule has 2 rings (SSSR count). The summed E-state index contributed by atoms with van der Waals surface area (Å²) in [4.78, 5) is 13.4. The predicted octanol–water partition coefficient (Wildman–Crippen LogP) is 4.68. The average molecular weight is 327 g/mol. The third-order valence-electron chi connectivity index (χ3n) is 3.48. The highest BCUT2D eigenvalue weighted by Crippen LogP contribution is 2.35. The fraction of sp³-hybridized carbons (Fsp3) is 0.471. The van der Waals surface area contributed by atoms with Gasteiger partial charge >= 0.3 is 11.8 Å². The zero-order valence-electron chi connectivity index (χ0n) is 13.4. The van der Waals surface area contributed by atoms with Crippen LogP contribution >= 0.6 is 0 Å². The highest BCUT2D eigenvalue weighted by Gasteiger charge is 2.34. The number of hydrogen-bond acceptors (Lipinski definition) is 3. The van der Waals surface area contributed by atoms with E-state index < -0.39 is 17.4 Å². The van der Waals surface area contributed by atoms with Crippen LogP contribution in [0.25, 0.3) is 11.0 Å². The van der Waals surface area contributed by atoms with Gasteiger partial charge in [-0.25, -0.2) is 4.79 Å².